The number of rotatable bonds is 10. The number of carbonyl (C=O) groups excluding carboxylic acids is 3. The second kappa shape index (κ2) is 14.1. The first-order chi connectivity index (χ1) is 19.5. The van der Waals surface area contributed by atoms with E-state index in [1.807, 2.05) is 66.7 Å². The maximum atomic E-state index is 13.2. The molecule has 40 heavy (non-hydrogen) atoms. The standard InChI is InChI=1S/C32H29N3O5/c36-30(34-39)19-18-24-14-16-26(17-15-24)23-35(32(38)33-31(37)27-9-3-1-4-10-27)21-20-25-8-7-13-29(22-25)40-28-11-5-2-6-12-28/h1-19,22,39H,20-21,23H2,(H,34,36)(H,33,37,38)/b19-18+. The number of urea groups is 1. The summed E-state index contributed by atoms with van der Waals surface area (Å²) in [5.74, 6) is 0.317. The Bertz CT molecular complexity index is 1460. The topological polar surface area (TPSA) is 108 Å². The molecule has 0 heterocycles. The van der Waals surface area contributed by atoms with Gasteiger partial charge in [-0.25, -0.2) is 10.3 Å². The molecule has 8 heteroatoms. The number of nitrogens with one attached hydrogen (secondary N) is 2. The second-order valence-electron chi connectivity index (χ2n) is 8.91. The lowest BCUT2D eigenvalue weighted by Gasteiger charge is -2.23. The first-order valence-corrected chi connectivity index (χ1v) is 12.7. The Morgan fingerprint density at radius 3 is 2.15 bits per heavy atom. The van der Waals surface area contributed by atoms with Crippen molar-refractivity contribution in [3.05, 3.63) is 138 Å². The Morgan fingerprint density at radius 1 is 0.775 bits per heavy atom. The van der Waals surface area contributed by atoms with Gasteiger partial charge in [-0.1, -0.05) is 72.8 Å². The summed E-state index contributed by atoms with van der Waals surface area (Å²) in [6.07, 6.45) is 3.30. The van der Waals surface area contributed by atoms with Crippen molar-refractivity contribution in [1.29, 1.82) is 0 Å². The SMILES string of the molecule is O=C(/C=C/c1ccc(CN(CCc2cccc(Oc3ccccc3)c2)C(=O)NC(=O)c2ccccc2)cc1)NO. The van der Waals surface area contributed by atoms with Gasteiger partial charge in [-0.15, -0.1) is 0 Å². The van der Waals surface area contributed by atoms with Crippen molar-refractivity contribution in [2.75, 3.05) is 6.54 Å². The summed E-state index contributed by atoms with van der Waals surface area (Å²) in [5, 5.41) is 11.1. The van der Waals surface area contributed by atoms with Crippen LogP contribution in [-0.4, -0.2) is 34.5 Å². The molecule has 0 saturated carbocycles. The predicted octanol–water partition coefficient (Wildman–Crippen LogP) is 5.59. The van der Waals surface area contributed by atoms with E-state index in [1.54, 1.807) is 58.9 Å². The van der Waals surface area contributed by atoms with Crippen LogP contribution in [0.1, 0.15) is 27.0 Å². The minimum Gasteiger partial charge on any atom is -0.457 e. The first kappa shape index (κ1) is 27.8. The van der Waals surface area contributed by atoms with Crippen LogP contribution in [0.3, 0.4) is 0 Å². The number of para-hydroxylation sites is 1. The molecule has 4 rings (SSSR count). The number of ether oxygens (including phenoxy) is 1. The van der Waals surface area contributed by atoms with Crippen LogP contribution in [0.2, 0.25) is 0 Å². The smallest absolute Gasteiger partial charge is 0.324 e. The minimum atomic E-state index is -0.631. The average molecular weight is 536 g/mol. The molecular formula is C32H29N3O5. The fourth-order valence-electron chi connectivity index (χ4n) is 3.91. The van der Waals surface area contributed by atoms with Gasteiger partial charge < -0.3 is 9.64 Å². The number of amides is 4. The molecule has 4 aromatic rings. The minimum absolute atomic E-state index is 0.259. The molecule has 8 nitrogen and oxygen atoms in total. The van der Waals surface area contributed by atoms with Crippen LogP contribution in [0.15, 0.2) is 115 Å². The van der Waals surface area contributed by atoms with Crippen LogP contribution in [0, 0.1) is 0 Å². The van der Waals surface area contributed by atoms with Crippen LogP contribution < -0.4 is 15.5 Å². The molecule has 4 amide bonds. The maximum Gasteiger partial charge on any atom is 0.324 e. The molecule has 0 saturated heterocycles. The molecule has 3 N–H and O–H groups in total. The van der Waals surface area contributed by atoms with Crippen LogP contribution in [0.4, 0.5) is 4.79 Å². The number of nitrogens with zero attached hydrogens (tertiary/aromatic N) is 1. The van der Waals surface area contributed by atoms with Gasteiger partial charge in [0.15, 0.2) is 0 Å². The Hall–Kier alpha value is -5.21. The molecular weight excluding hydrogens is 506 g/mol. The van der Waals surface area contributed by atoms with E-state index in [-0.39, 0.29) is 6.54 Å². The molecule has 0 spiro atoms. The van der Waals surface area contributed by atoms with E-state index in [2.05, 4.69) is 5.32 Å². The number of carbonyl (C=O) groups is 3. The second-order valence-corrected chi connectivity index (χ2v) is 8.91. The van der Waals surface area contributed by atoms with Crippen LogP contribution >= 0.6 is 0 Å². The van der Waals surface area contributed by atoms with Gasteiger partial charge >= 0.3 is 6.03 Å². The summed E-state index contributed by atoms with van der Waals surface area (Å²) in [7, 11) is 0. The maximum absolute atomic E-state index is 13.2. The molecule has 202 valence electrons. The molecule has 0 aliphatic carbocycles. The zero-order chi connectivity index (χ0) is 28.2. The highest BCUT2D eigenvalue weighted by molar-refractivity contribution is 6.04. The van der Waals surface area contributed by atoms with E-state index >= 15 is 0 Å². The van der Waals surface area contributed by atoms with Crippen molar-refractivity contribution in [2.24, 2.45) is 0 Å². The summed E-state index contributed by atoms with van der Waals surface area (Å²) in [6.45, 7) is 0.607. The number of hydrogen-bond donors (Lipinski definition) is 3. The summed E-state index contributed by atoms with van der Waals surface area (Å²) >= 11 is 0. The molecule has 0 fully saturated rings. The van der Waals surface area contributed by atoms with Crippen molar-refractivity contribution in [1.82, 2.24) is 15.7 Å². The van der Waals surface area contributed by atoms with E-state index in [0.29, 0.717) is 24.3 Å². The lowest BCUT2D eigenvalue weighted by molar-refractivity contribution is -0.124. The third-order valence-electron chi connectivity index (χ3n) is 5.98. The molecule has 0 aliphatic heterocycles. The van der Waals surface area contributed by atoms with Gasteiger partial charge in [0.05, 0.1) is 0 Å². The Balaban J connectivity index is 1.47. The van der Waals surface area contributed by atoms with Crippen molar-refractivity contribution in [2.45, 2.75) is 13.0 Å². The molecule has 0 radical (unpaired) electrons. The highest BCUT2D eigenvalue weighted by Gasteiger charge is 2.18. The molecule has 0 aliphatic rings. The van der Waals surface area contributed by atoms with Crippen LogP contribution in [0.25, 0.3) is 6.08 Å². The number of hydrogen-bond acceptors (Lipinski definition) is 5. The van der Waals surface area contributed by atoms with Gasteiger partial charge in [-0.05, 0) is 65.6 Å². The fraction of sp³-hybridized carbons (Fsp3) is 0.0938. The van der Waals surface area contributed by atoms with Crippen molar-refractivity contribution in [3.63, 3.8) is 0 Å². The van der Waals surface area contributed by atoms with Crippen molar-refractivity contribution < 1.29 is 24.3 Å². The van der Waals surface area contributed by atoms with Gasteiger partial charge in [0.1, 0.15) is 11.5 Å². The van der Waals surface area contributed by atoms with Gasteiger partial charge in [-0.2, -0.15) is 0 Å². The van der Waals surface area contributed by atoms with Crippen molar-refractivity contribution >= 4 is 23.9 Å². The van der Waals surface area contributed by atoms with Crippen molar-refractivity contribution in [3.8, 4) is 11.5 Å². The Labute approximate surface area is 232 Å². The zero-order valence-corrected chi connectivity index (χ0v) is 21.7. The Morgan fingerprint density at radius 2 is 1.45 bits per heavy atom. The van der Waals surface area contributed by atoms with Gasteiger partial charge in [0.2, 0.25) is 0 Å². The van der Waals surface area contributed by atoms with Gasteiger partial charge in [0.25, 0.3) is 11.8 Å². The zero-order valence-electron chi connectivity index (χ0n) is 21.7. The van der Waals surface area contributed by atoms with E-state index in [4.69, 9.17) is 9.94 Å². The number of benzene rings is 4. The molecule has 4 aromatic carbocycles. The highest BCUT2D eigenvalue weighted by Crippen LogP contribution is 2.22. The largest absolute Gasteiger partial charge is 0.457 e. The van der Waals surface area contributed by atoms with Crippen LogP contribution in [-0.2, 0) is 17.8 Å². The molecule has 0 bridgehead atoms. The van der Waals surface area contributed by atoms with Gasteiger partial charge in [0, 0.05) is 24.7 Å². The summed E-state index contributed by atoms with van der Waals surface area (Å²) < 4.78 is 5.94. The van der Waals surface area contributed by atoms with E-state index < -0.39 is 17.8 Å². The summed E-state index contributed by atoms with van der Waals surface area (Å²) in [6, 6.07) is 32.5. The van der Waals surface area contributed by atoms with Crippen LogP contribution in [0.5, 0.6) is 11.5 Å². The summed E-state index contributed by atoms with van der Waals surface area (Å²) in [5.41, 5.74) is 4.50. The lowest BCUT2D eigenvalue weighted by Crippen LogP contribution is -2.43. The Kier molecular flexibility index (Phi) is 9.79. The lowest BCUT2D eigenvalue weighted by atomic mass is 10.1. The number of hydroxylamine groups is 1. The van der Waals surface area contributed by atoms with E-state index in [1.165, 1.54) is 6.08 Å². The first-order valence-electron chi connectivity index (χ1n) is 12.7. The van der Waals surface area contributed by atoms with Gasteiger partial charge in [-0.3, -0.25) is 20.1 Å². The van der Waals surface area contributed by atoms with E-state index in [0.717, 1.165) is 22.4 Å². The molecule has 0 unspecified atom stereocenters. The molecule has 0 atom stereocenters. The predicted molar refractivity (Wildman–Crippen MR) is 152 cm³/mol. The monoisotopic (exact) mass is 535 g/mol. The normalized spacial score (nSPS) is 10.6. The number of imide groups is 1. The third-order valence-corrected chi connectivity index (χ3v) is 5.98. The third kappa shape index (κ3) is 8.41. The molecule has 0 aromatic heterocycles. The quantitative estimate of drug-likeness (QED) is 0.139. The average Bonchev–Trinajstić information content (AvgIpc) is 2.99. The summed E-state index contributed by atoms with van der Waals surface area (Å²) in [4.78, 5) is 38.7. The van der Waals surface area contributed by atoms with E-state index in [9.17, 15) is 14.4 Å². The fourth-order valence-corrected chi connectivity index (χ4v) is 3.91. The highest BCUT2D eigenvalue weighted by atomic mass is 16.5.